The molecular formula is C22H48Zr. The summed E-state index contributed by atoms with van der Waals surface area (Å²) < 4.78 is 0. The Bertz CT molecular complexity index is 193. The minimum Gasteiger partial charge on any atom is -0.358 e. The first-order chi connectivity index (χ1) is 8.21. The van der Waals surface area contributed by atoms with E-state index in [1.807, 2.05) is 0 Å². The van der Waals surface area contributed by atoms with Crippen molar-refractivity contribution >= 4 is 0 Å². The van der Waals surface area contributed by atoms with Crippen molar-refractivity contribution in [1.29, 1.82) is 0 Å². The van der Waals surface area contributed by atoms with Crippen LogP contribution in [0.15, 0.2) is 0 Å². The molecule has 140 valence electrons. The molecule has 2 aliphatic carbocycles. The number of hydrogen-bond donors (Lipinski definition) is 0. The third-order valence-corrected chi connectivity index (χ3v) is 5.16. The van der Waals surface area contributed by atoms with Crippen LogP contribution in [0.3, 0.4) is 0 Å². The Balaban J connectivity index is -0.0000000771. The van der Waals surface area contributed by atoms with E-state index < -0.39 is 0 Å². The van der Waals surface area contributed by atoms with E-state index in [1.54, 1.807) is 0 Å². The van der Waals surface area contributed by atoms with Crippen LogP contribution in [0.5, 0.6) is 0 Å². The van der Waals surface area contributed by atoms with Crippen LogP contribution >= 0.6 is 0 Å². The van der Waals surface area contributed by atoms with Crippen molar-refractivity contribution in [3.8, 4) is 0 Å². The van der Waals surface area contributed by atoms with Crippen LogP contribution in [0.1, 0.15) is 92.9 Å². The van der Waals surface area contributed by atoms with Crippen LogP contribution in [0.4, 0.5) is 0 Å². The molecule has 2 rings (SSSR count). The molecule has 1 heteroatoms. The monoisotopic (exact) mass is 402 g/mol. The molecule has 0 N–H and O–H groups in total. The van der Waals surface area contributed by atoms with Gasteiger partial charge in [0.05, 0.1) is 0 Å². The summed E-state index contributed by atoms with van der Waals surface area (Å²) in [7, 11) is 0. The van der Waals surface area contributed by atoms with Gasteiger partial charge >= 0.3 is 26.2 Å². The Morgan fingerprint density at radius 2 is 0.652 bits per heavy atom. The van der Waals surface area contributed by atoms with Crippen LogP contribution in [0.2, 0.25) is 0 Å². The Morgan fingerprint density at radius 1 is 0.478 bits per heavy atom. The van der Waals surface area contributed by atoms with Gasteiger partial charge in [0.1, 0.15) is 0 Å². The van der Waals surface area contributed by atoms with E-state index in [9.17, 15) is 0 Å². The molecule has 0 atom stereocenters. The first kappa shape index (κ1) is 35.1. The first-order valence-electron chi connectivity index (χ1n) is 8.21. The fraction of sp³-hybridized carbons (Fsp3) is 0.818. The van der Waals surface area contributed by atoms with E-state index in [0.717, 1.165) is 11.8 Å². The van der Waals surface area contributed by atoms with Gasteiger partial charge in [-0.1, -0.05) is 67.2 Å². The molecule has 0 aromatic rings. The van der Waals surface area contributed by atoms with Gasteiger partial charge in [-0.2, -0.15) is 0 Å². The van der Waals surface area contributed by atoms with E-state index in [1.165, 1.54) is 51.4 Å². The summed E-state index contributed by atoms with van der Waals surface area (Å²) in [5.74, 6) is 2.02. The topological polar surface area (TPSA) is 0 Å². The second-order valence-corrected chi connectivity index (χ2v) is 8.69. The zero-order valence-corrected chi connectivity index (χ0v) is 20.8. The smallest absolute Gasteiger partial charge is 0.358 e. The summed E-state index contributed by atoms with van der Waals surface area (Å²) in [6.07, 6.45) is 11.8. The summed E-state index contributed by atoms with van der Waals surface area (Å²) in [6.45, 7) is 14.2. The summed E-state index contributed by atoms with van der Waals surface area (Å²) in [4.78, 5) is 0. The predicted octanol–water partition coefficient (Wildman–Crippen LogP) is 8.24. The molecule has 2 saturated carbocycles. The molecule has 0 bridgehead atoms. The van der Waals surface area contributed by atoms with Crippen molar-refractivity contribution in [3.05, 3.63) is 29.7 Å². The molecule has 0 unspecified atom stereocenters. The minimum atomic E-state index is 0. The van der Waals surface area contributed by atoms with E-state index in [-0.39, 0.29) is 55.9 Å². The van der Waals surface area contributed by atoms with Gasteiger partial charge in [0.25, 0.3) is 0 Å². The van der Waals surface area contributed by atoms with Crippen LogP contribution in [0.25, 0.3) is 0 Å². The molecule has 0 saturated heterocycles. The zero-order chi connectivity index (χ0) is 13.8. The SMILES string of the molecule is CC(C)(C)C1CCCC1.CC(C)(C)C1CCCC1.[CH3-].[CH3-].[CH3-].[CH3-].[Zr+4]. The molecule has 0 nitrogen and oxygen atoms in total. The van der Waals surface area contributed by atoms with Gasteiger partial charge in [-0.15, -0.1) is 0 Å². The van der Waals surface area contributed by atoms with Crippen molar-refractivity contribution in [1.82, 2.24) is 0 Å². The second kappa shape index (κ2) is 15.2. The van der Waals surface area contributed by atoms with Gasteiger partial charge in [-0.05, 0) is 48.3 Å². The van der Waals surface area contributed by atoms with Crippen LogP contribution in [-0.2, 0) is 26.2 Å². The fourth-order valence-electron chi connectivity index (χ4n) is 3.58. The molecule has 2 fully saturated rings. The maximum atomic E-state index is 2.36. The Hall–Kier alpha value is 0.883. The Morgan fingerprint density at radius 3 is 0.739 bits per heavy atom. The van der Waals surface area contributed by atoms with Gasteiger partial charge in [-0.3, -0.25) is 0 Å². The van der Waals surface area contributed by atoms with Gasteiger partial charge in [0, 0.05) is 0 Å². The van der Waals surface area contributed by atoms with Crippen molar-refractivity contribution in [2.24, 2.45) is 22.7 Å². The average Bonchev–Trinajstić information content (AvgIpc) is 2.91. The standard InChI is InChI=1S/2C9H18.4CH3.Zr/c2*1-9(2,3)8-6-4-5-7-8;;;;;/h2*8H,4-7H2,1-3H3;4*1H3;/q;;4*-1;+4. The van der Waals surface area contributed by atoms with Crippen LogP contribution in [-0.4, -0.2) is 0 Å². The molecule has 2 aliphatic rings. The largest absolute Gasteiger partial charge is 4.00 e. The molecule has 0 radical (unpaired) electrons. The van der Waals surface area contributed by atoms with Crippen molar-refractivity contribution in [2.45, 2.75) is 92.9 Å². The summed E-state index contributed by atoms with van der Waals surface area (Å²) in [5, 5.41) is 0. The second-order valence-electron chi connectivity index (χ2n) is 8.69. The number of rotatable bonds is 0. The van der Waals surface area contributed by atoms with Crippen LogP contribution < -0.4 is 0 Å². The van der Waals surface area contributed by atoms with Crippen molar-refractivity contribution in [2.75, 3.05) is 0 Å². The molecular weight excluding hydrogens is 355 g/mol. The maximum absolute atomic E-state index is 2.36. The minimum absolute atomic E-state index is 0. The zero-order valence-electron chi connectivity index (χ0n) is 18.3. The molecule has 0 aromatic heterocycles. The Labute approximate surface area is 171 Å². The van der Waals surface area contributed by atoms with E-state index in [4.69, 9.17) is 0 Å². The van der Waals surface area contributed by atoms with Crippen LogP contribution in [0, 0.1) is 52.4 Å². The van der Waals surface area contributed by atoms with Crippen molar-refractivity contribution < 1.29 is 26.2 Å². The third kappa shape index (κ3) is 13.8. The summed E-state index contributed by atoms with van der Waals surface area (Å²) in [5.41, 5.74) is 1.16. The summed E-state index contributed by atoms with van der Waals surface area (Å²) in [6, 6.07) is 0. The fourth-order valence-corrected chi connectivity index (χ4v) is 3.58. The molecule has 0 amide bonds. The normalized spacial score (nSPS) is 18.0. The van der Waals surface area contributed by atoms with E-state index in [0.29, 0.717) is 10.8 Å². The van der Waals surface area contributed by atoms with Gasteiger partial charge in [-0.25, -0.2) is 0 Å². The van der Waals surface area contributed by atoms with Gasteiger partial charge in [0.2, 0.25) is 0 Å². The molecule has 23 heavy (non-hydrogen) atoms. The average molecular weight is 404 g/mol. The van der Waals surface area contributed by atoms with E-state index >= 15 is 0 Å². The number of hydrogen-bond acceptors (Lipinski definition) is 0. The quantitative estimate of drug-likeness (QED) is 0.357. The van der Waals surface area contributed by atoms with E-state index in [2.05, 4.69) is 41.5 Å². The molecule has 0 aromatic carbocycles. The van der Waals surface area contributed by atoms with Crippen molar-refractivity contribution in [3.63, 3.8) is 0 Å². The molecule has 0 heterocycles. The predicted molar refractivity (Wildman–Crippen MR) is 108 cm³/mol. The molecule has 0 aliphatic heterocycles. The molecule has 0 spiro atoms. The Kier molecular flexibility index (Phi) is 23.1. The van der Waals surface area contributed by atoms with Gasteiger partial charge < -0.3 is 29.7 Å². The summed E-state index contributed by atoms with van der Waals surface area (Å²) >= 11 is 0. The van der Waals surface area contributed by atoms with Gasteiger partial charge in [0.15, 0.2) is 0 Å². The maximum Gasteiger partial charge on any atom is 4.00 e. The third-order valence-electron chi connectivity index (χ3n) is 5.16. The first-order valence-corrected chi connectivity index (χ1v) is 8.21.